The number of hydrogen-bond acceptors (Lipinski definition) is 4. The monoisotopic (exact) mass is 480 g/mol. The highest BCUT2D eigenvalue weighted by atomic mass is 32.2. The number of nitrogens with zero attached hydrogens (tertiary/aromatic N) is 4. The Labute approximate surface area is 202 Å². The molecule has 0 spiro atoms. The topological polar surface area (TPSA) is 75.5 Å². The number of amides is 1. The van der Waals surface area contributed by atoms with Gasteiger partial charge in [-0.05, 0) is 56.5 Å². The van der Waals surface area contributed by atoms with Gasteiger partial charge in [0, 0.05) is 37.9 Å². The van der Waals surface area contributed by atoms with Crippen LogP contribution in [0.4, 0.5) is 0 Å². The first kappa shape index (κ1) is 24.2. The van der Waals surface area contributed by atoms with Gasteiger partial charge in [-0.15, -0.1) is 0 Å². The minimum Gasteiger partial charge on any atom is -0.341 e. The van der Waals surface area contributed by atoms with Gasteiger partial charge < -0.3 is 4.90 Å². The van der Waals surface area contributed by atoms with Gasteiger partial charge in [0.2, 0.25) is 15.9 Å². The summed E-state index contributed by atoms with van der Waals surface area (Å²) >= 11 is 0. The van der Waals surface area contributed by atoms with Gasteiger partial charge in [-0.2, -0.15) is 9.40 Å². The van der Waals surface area contributed by atoms with Crippen LogP contribution in [0.1, 0.15) is 41.8 Å². The van der Waals surface area contributed by atoms with Crippen molar-refractivity contribution in [2.24, 2.45) is 0 Å². The lowest BCUT2D eigenvalue weighted by molar-refractivity contribution is -0.129. The Kier molecular flexibility index (Phi) is 7.19. The number of benzene rings is 2. The fourth-order valence-corrected chi connectivity index (χ4v) is 5.91. The molecular formula is C26H32N4O3S. The van der Waals surface area contributed by atoms with Crippen molar-refractivity contribution in [1.82, 2.24) is 19.0 Å². The minimum absolute atomic E-state index is 0.0297. The summed E-state index contributed by atoms with van der Waals surface area (Å²) in [5.41, 5.74) is 4.72. The first-order valence-electron chi connectivity index (χ1n) is 11.7. The van der Waals surface area contributed by atoms with Crippen molar-refractivity contribution in [1.29, 1.82) is 0 Å². The molecule has 180 valence electrons. The Hall–Kier alpha value is -2.97. The lowest BCUT2D eigenvalue weighted by atomic mass is 10.1. The van der Waals surface area contributed by atoms with Crippen LogP contribution in [0.2, 0.25) is 0 Å². The molecule has 0 N–H and O–H groups in total. The third-order valence-electron chi connectivity index (χ3n) is 6.49. The van der Waals surface area contributed by atoms with Gasteiger partial charge in [-0.1, -0.05) is 36.8 Å². The van der Waals surface area contributed by atoms with Crippen LogP contribution in [-0.4, -0.2) is 53.4 Å². The zero-order chi connectivity index (χ0) is 24.3. The van der Waals surface area contributed by atoms with Gasteiger partial charge in [0.25, 0.3) is 0 Å². The first-order valence-corrected chi connectivity index (χ1v) is 13.1. The van der Waals surface area contributed by atoms with Gasteiger partial charge in [0.1, 0.15) is 0 Å². The number of likely N-dealkylation sites (N-methyl/N-ethyl adjacent to an activating group) is 1. The minimum atomic E-state index is -3.47. The second kappa shape index (κ2) is 10.1. The zero-order valence-corrected chi connectivity index (χ0v) is 20.9. The second-order valence-electron chi connectivity index (χ2n) is 8.93. The van der Waals surface area contributed by atoms with E-state index in [1.54, 1.807) is 40.5 Å². The van der Waals surface area contributed by atoms with Gasteiger partial charge in [0.15, 0.2) is 0 Å². The van der Waals surface area contributed by atoms with Crippen LogP contribution in [0, 0.1) is 13.8 Å². The molecule has 1 aliphatic heterocycles. The Balaban J connectivity index is 1.42. The van der Waals surface area contributed by atoms with E-state index in [9.17, 15) is 13.2 Å². The molecule has 1 amide bonds. The normalized spacial score (nSPS) is 14.8. The number of hydrogen-bond donors (Lipinski definition) is 0. The third-order valence-corrected chi connectivity index (χ3v) is 8.41. The number of para-hydroxylation sites is 1. The first-order chi connectivity index (χ1) is 16.3. The van der Waals surface area contributed by atoms with Crippen molar-refractivity contribution in [3.8, 4) is 5.69 Å². The van der Waals surface area contributed by atoms with Crippen molar-refractivity contribution in [3.05, 3.63) is 77.1 Å². The number of carbonyl (C=O) groups excluding carboxylic acids is 1. The van der Waals surface area contributed by atoms with Crippen LogP contribution in [0.5, 0.6) is 0 Å². The SMILES string of the molecule is Cc1nn(-c2ccccc2)c(C)c1CN(C)C(=O)Cc1ccc(S(=O)(=O)N2CCCCC2)cc1. The molecule has 2 heterocycles. The summed E-state index contributed by atoms with van der Waals surface area (Å²) in [5, 5.41) is 4.67. The fraction of sp³-hybridized carbons (Fsp3) is 0.385. The van der Waals surface area contributed by atoms with E-state index >= 15 is 0 Å². The Bertz CT molecular complexity index is 1250. The summed E-state index contributed by atoms with van der Waals surface area (Å²) in [6.45, 7) is 5.59. The van der Waals surface area contributed by atoms with E-state index in [0.717, 1.165) is 47.5 Å². The molecule has 1 aliphatic rings. The number of carbonyl (C=O) groups is 1. The molecule has 7 nitrogen and oxygen atoms in total. The number of aromatic nitrogens is 2. The molecule has 0 radical (unpaired) electrons. The Morgan fingerprint density at radius 1 is 0.971 bits per heavy atom. The van der Waals surface area contributed by atoms with Crippen LogP contribution in [0.15, 0.2) is 59.5 Å². The van der Waals surface area contributed by atoms with Crippen LogP contribution in [-0.2, 0) is 27.8 Å². The summed E-state index contributed by atoms with van der Waals surface area (Å²) in [4.78, 5) is 14.9. The highest BCUT2D eigenvalue weighted by Crippen LogP contribution is 2.22. The molecule has 3 aromatic rings. The van der Waals surface area contributed by atoms with Crippen LogP contribution >= 0.6 is 0 Å². The van der Waals surface area contributed by atoms with Gasteiger partial charge in [-0.25, -0.2) is 13.1 Å². The Morgan fingerprint density at radius 3 is 2.26 bits per heavy atom. The largest absolute Gasteiger partial charge is 0.341 e. The maximum absolute atomic E-state index is 12.9. The average Bonchev–Trinajstić information content (AvgIpc) is 3.13. The molecule has 4 rings (SSSR count). The highest BCUT2D eigenvalue weighted by molar-refractivity contribution is 7.89. The molecule has 1 saturated heterocycles. The van der Waals surface area contributed by atoms with Gasteiger partial charge in [0.05, 0.1) is 22.7 Å². The molecule has 8 heteroatoms. The predicted molar refractivity (Wildman–Crippen MR) is 132 cm³/mol. The fourth-order valence-electron chi connectivity index (χ4n) is 4.39. The molecular weight excluding hydrogens is 448 g/mol. The van der Waals surface area contributed by atoms with Crippen molar-refractivity contribution in [2.45, 2.75) is 51.0 Å². The maximum atomic E-state index is 12.9. The van der Waals surface area contributed by atoms with Crippen LogP contribution in [0.3, 0.4) is 0 Å². The molecule has 0 saturated carbocycles. The summed E-state index contributed by atoms with van der Waals surface area (Å²) in [7, 11) is -1.68. The van der Waals surface area contributed by atoms with Crippen molar-refractivity contribution in [2.75, 3.05) is 20.1 Å². The van der Waals surface area contributed by atoms with Gasteiger partial charge >= 0.3 is 0 Å². The lowest BCUT2D eigenvalue weighted by Crippen LogP contribution is -2.35. The van der Waals surface area contributed by atoms with E-state index in [4.69, 9.17) is 0 Å². The number of rotatable bonds is 7. The smallest absolute Gasteiger partial charge is 0.243 e. The van der Waals surface area contributed by atoms with Crippen LogP contribution in [0.25, 0.3) is 5.69 Å². The lowest BCUT2D eigenvalue weighted by Gasteiger charge is -2.25. The van der Waals surface area contributed by atoms with E-state index in [1.165, 1.54) is 0 Å². The van der Waals surface area contributed by atoms with E-state index in [1.807, 2.05) is 48.9 Å². The number of piperidine rings is 1. The summed E-state index contributed by atoms with van der Waals surface area (Å²) < 4.78 is 29.2. The maximum Gasteiger partial charge on any atom is 0.243 e. The molecule has 34 heavy (non-hydrogen) atoms. The quantitative estimate of drug-likeness (QED) is 0.515. The Morgan fingerprint density at radius 2 is 1.62 bits per heavy atom. The van der Waals surface area contributed by atoms with E-state index in [2.05, 4.69) is 5.10 Å². The molecule has 1 aromatic heterocycles. The summed E-state index contributed by atoms with van der Waals surface area (Å²) in [6.07, 6.45) is 3.10. The molecule has 0 atom stereocenters. The van der Waals surface area contributed by atoms with E-state index in [0.29, 0.717) is 24.5 Å². The second-order valence-corrected chi connectivity index (χ2v) is 10.9. The van der Waals surface area contributed by atoms with E-state index < -0.39 is 10.0 Å². The standard InChI is InChI=1S/C26H32N4O3S/c1-20-25(21(2)30(27-20)23-10-6-4-7-11-23)19-28(3)26(31)18-22-12-14-24(15-13-22)34(32,33)29-16-8-5-9-17-29/h4,6-7,10-15H,5,8-9,16-19H2,1-3H3. The third kappa shape index (κ3) is 5.08. The van der Waals surface area contributed by atoms with Gasteiger partial charge in [-0.3, -0.25) is 4.79 Å². The summed E-state index contributed by atoms with van der Waals surface area (Å²) in [5.74, 6) is -0.0297. The summed E-state index contributed by atoms with van der Waals surface area (Å²) in [6, 6.07) is 16.7. The van der Waals surface area contributed by atoms with Crippen LogP contribution < -0.4 is 0 Å². The molecule has 0 unspecified atom stereocenters. The van der Waals surface area contributed by atoms with Crippen molar-refractivity contribution in [3.63, 3.8) is 0 Å². The average molecular weight is 481 g/mol. The molecule has 2 aromatic carbocycles. The van der Waals surface area contributed by atoms with E-state index in [-0.39, 0.29) is 12.3 Å². The number of aryl methyl sites for hydroxylation is 1. The predicted octanol–water partition coefficient (Wildman–Crippen LogP) is 3.86. The molecule has 0 bridgehead atoms. The van der Waals surface area contributed by atoms with Crippen molar-refractivity contribution >= 4 is 15.9 Å². The molecule has 0 aliphatic carbocycles. The molecule has 1 fully saturated rings. The van der Waals surface area contributed by atoms with Crippen molar-refractivity contribution < 1.29 is 13.2 Å². The zero-order valence-electron chi connectivity index (χ0n) is 20.1. The highest BCUT2D eigenvalue weighted by Gasteiger charge is 2.26. The number of sulfonamides is 1.